The standard InChI is InChI=1S/C17H23ClN2O2/c1-2-5-16(21)19-11-13-6-4-9-20(12-13)17(22)14-7-3-8-15(18)10-14/h3,7-8,10,13H,2,4-6,9,11-12H2,1H3,(H,19,21)/t13-/m1/s1. The Morgan fingerprint density at radius 3 is 2.95 bits per heavy atom. The molecule has 0 unspecified atom stereocenters. The third-order valence-electron chi connectivity index (χ3n) is 3.94. The highest BCUT2D eigenvalue weighted by Crippen LogP contribution is 2.19. The van der Waals surface area contributed by atoms with Crippen LogP contribution in [0, 0.1) is 5.92 Å². The molecule has 1 saturated heterocycles. The van der Waals surface area contributed by atoms with Crippen LogP contribution in [-0.4, -0.2) is 36.3 Å². The SMILES string of the molecule is CCCC(=O)NC[C@H]1CCCN(C(=O)c2cccc(Cl)c2)C1. The number of hydrogen-bond donors (Lipinski definition) is 1. The minimum absolute atomic E-state index is 0.0204. The van der Waals surface area contributed by atoms with E-state index in [1.807, 2.05) is 11.8 Å². The first kappa shape index (κ1) is 16.8. The fraction of sp³-hybridized carbons (Fsp3) is 0.529. The topological polar surface area (TPSA) is 49.4 Å². The lowest BCUT2D eigenvalue weighted by molar-refractivity contribution is -0.121. The Labute approximate surface area is 136 Å². The average Bonchev–Trinajstić information content (AvgIpc) is 2.53. The van der Waals surface area contributed by atoms with Gasteiger partial charge in [0, 0.05) is 36.6 Å². The van der Waals surface area contributed by atoms with E-state index in [0.29, 0.717) is 36.0 Å². The van der Waals surface area contributed by atoms with Gasteiger partial charge in [0.15, 0.2) is 0 Å². The highest BCUT2D eigenvalue weighted by atomic mass is 35.5. The van der Waals surface area contributed by atoms with Crippen molar-refractivity contribution >= 4 is 23.4 Å². The number of amides is 2. The summed E-state index contributed by atoms with van der Waals surface area (Å²) < 4.78 is 0. The van der Waals surface area contributed by atoms with Crippen molar-refractivity contribution in [2.75, 3.05) is 19.6 Å². The van der Waals surface area contributed by atoms with Gasteiger partial charge in [-0.3, -0.25) is 9.59 Å². The smallest absolute Gasteiger partial charge is 0.253 e. The molecule has 1 aromatic rings. The lowest BCUT2D eigenvalue weighted by Crippen LogP contribution is -2.43. The Bertz CT molecular complexity index is 533. The van der Waals surface area contributed by atoms with Crippen LogP contribution in [0.3, 0.4) is 0 Å². The van der Waals surface area contributed by atoms with Gasteiger partial charge in [-0.25, -0.2) is 0 Å². The van der Waals surface area contributed by atoms with Crippen molar-refractivity contribution in [2.45, 2.75) is 32.6 Å². The molecule has 120 valence electrons. The predicted octanol–water partition coefficient (Wildman–Crippen LogP) is 3.11. The van der Waals surface area contributed by atoms with Crippen LogP contribution >= 0.6 is 11.6 Å². The van der Waals surface area contributed by atoms with Crippen molar-refractivity contribution < 1.29 is 9.59 Å². The van der Waals surface area contributed by atoms with Crippen LogP contribution in [-0.2, 0) is 4.79 Å². The Morgan fingerprint density at radius 2 is 2.23 bits per heavy atom. The predicted molar refractivity (Wildman–Crippen MR) is 88.0 cm³/mol. The van der Waals surface area contributed by atoms with Gasteiger partial charge in [-0.15, -0.1) is 0 Å². The third-order valence-corrected chi connectivity index (χ3v) is 4.18. The van der Waals surface area contributed by atoms with Crippen LogP contribution in [0.2, 0.25) is 5.02 Å². The first-order chi connectivity index (χ1) is 10.6. The number of nitrogens with zero attached hydrogens (tertiary/aromatic N) is 1. The van der Waals surface area contributed by atoms with E-state index >= 15 is 0 Å². The van der Waals surface area contributed by atoms with Gasteiger partial charge in [0.1, 0.15) is 0 Å². The first-order valence-corrected chi connectivity index (χ1v) is 8.29. The number of hydrogen-bond acceptors (Lipinski definition) is 2. The minimum atomic E-state index is 0.0204. The van der Waals surface area contributed by atoms with E-state index in [4.69, 9.17) is 11.6 Å². The summed E-state index contributed by atoms with van der Waals surface area (Å²) in [6.45, 7) is 4.10. The van der Waals surface area contributed by atoms with Gasteiger partial charge in [-0.1, -0.05) is 24.6 Å². The van der Waals surface area contributed by atoms with Gasteiger partial charge in [-0.05, 0) is 43.4 Å². The normalized spacial score (nSPS) is 18.1. The van der Waals surface area contributed by atoms with Crippen LogP contribution in [0.4, 0.5) is 0 Å². The quantitative estimate of drug-likeness (QED) is 0.905. The molecule has 1 fully saturated rings. The fourth-order valence-electron chi connectivity index (χ4n) is 2.79. The molecule has 1 aliphatic rings. The zero-order valence-electron chi connectivity index (χ0n) is 13.0. The molecule has 1 aromatic carbocycles. The number of rotatable bonds is 5. The minimum Gasteiger partial charge on any atom is -0.356 e. The molecule has 1 aliphatic heterocycles. The van der Waals surface area contributed by atoms with Gasteiger partial charge in [0.25, 0.3) is 5.91 Å². The fourth-order valence-corrected chi connectivity index (χ4v) is 2.98. The van der Waals surface area contributed by atoms with Crippen molar-refractivity contribution in [3.8, 4) is 0 Å². The van der Waals surface area contributed by atoms with E-state index in [9.17, 15) is 9.59 Å². The van der Waals surface area contributed by atoms with Crippen molar-refractivity contribution in [3.63, 3.8) is 0 Å². The summed E-state index contributed by atoms with van der Waals surface area (Å²) >= 11 is 5.95. The van der Waals surface area contributed by atoms with Crippen LogP contribution in [0.25, 0.3) is 0 Å². The van der Waals surface area contributed by atoms with Crippen LogP contribution in [0.5, 0.6) is 0 Å². The maximum atomic E-state index is 12.5. The molecule has 2 amide bonds. The number of nitrogens with one attached hydrogen (secondary N) is 1. The zero-order chi connectivity index (χ0) is 15.9. The molecule has 0 bridgehead atoms. The molecular weight excluding hydrogens is 300 g/mol. The summed E-state index contributed by atoms with van der Waals surface area (Å²) in [5.74, 6) is 0.450. The Kier molecular flexibility index (Phi) is 6.25. The van der Waals surface area contributed by atoms with Crippen molar-refractivity contribution in [1.82, 2.24) is 10.2 Å². The summed E-state index contributed by atoms with van der Waals surface area (Å²) in [7, 11) is 0. The summed E-state index contributed by atoms with van der Waals surface area (Å²) in [6.07, 6.45) is 3.44. The van der Waals surface area contributed by atoms with E-state index < -0.39 is 0 Å². The number of piperidine rings is 1. The highest BCUT2D eigenvalue weighted by Gasteiger charge is 2.24. The van der Waals surface area contributed by atoms with Gasteiger partial charge in [-0.2, -0.15) is 0 Å². The maximum absolute atomic E-state index is 12.5. The van der Waals surface area contributed by atoms with Crippen LogP contribution in [0.1, 0.15) is 43.0 Å². The van der Waals surface area contributed by atoms with Gasteiger partial charge >= 0.3 is 0 Å². The number of likely N-dealkylation sites (tertiary alicyclic amines) is 1. The average molecular weight is 323 g/mol. The van der Waals surface area contributed by atoms with Crippen LogP contribution < -0.4 is 5.32 Å². The summed E-state index contributed by atoms with van der Waals surface area (Å²) in [5, 5.41) is 3.54. The second kappa shape index (κ2) is 8.18. The van der Waals surface area contributed by atoms with Crippen molar-refractivity contribution in [1.29, 1.82) is 0 Å². The van der Waals surface area contributed by atoms with Gasteiger partial charge in [0.2, 0.25) is 5.91 Å². The second-order valence-corrected chi connectivity index (χ2v) is 6.26. The zero-order valence-corrected chi connectivity index (χ0v) is 13.7. The van der Waals surface area contributed by atoms with Crippen molar-refractivity contribution in [2.24, 2.45) is 5.92 Å². The monoisotopic (exact) mass is 322 g/mol. The van der Waals surface area contributed by atoms with E-state index in [-0.39, 0.29) is 11.8 Å². The number of carbonyl (C=O) groups is 2. The molecule has 5 heteroatoms. The van der Waals surface area contributed by atoms with E-state index in [1.54, 1.807) is 24.3 Å². The molecule has 22 heavy (non-hydrogen) atoms. The molecular formula is C17H23ClN2O2. The first-order valence-electron chi connectivity index (χ1n) is 7.91. The summed E-state index contributed by atoms with van der Waals surface area (Å²) in [4.78, 5) is 25.9. The lowest BCUT2D eigenvalue weighted by atomic mass is 9.97. The molecule has 1 N–H and O–H groups in total. The molecule has 0 radical (unpaired) electrons. The molecule has 2 rings (SSSR count). The molecule has 1 atom stereocenters. The van der Waals surface area contributed by atoms with Gasteiger partial charge < -0.3 is 10.2 Å². The largest absolute Gasteiger partial charge is 0.356 e. The molecule has 0 aromatic heterocycles. The van der Waals surface area contributed by atoms with E-state index in [2.05, 4.69) is 5.32 Å². The highest BCUT2D eigenvalue weighted by molar-refractivity contribution is 6.30. The molecule has 0 saturated carbocycles. The number of benzene rings is 1. The molecule has 4 nitrogen and oxygen atoms in total. The van der Waals surface area contributed by atoms with Gasteiger partial charge in [0.05, 0.1) is 0 Å². The van der Waals surface area contributed by atoms with E-state index in [1.165, 1.54) is 0 Å². The number of halogens is 1. The van der Waals surface area contributed by atoms with Crippen LogP contribution in [0.15, 0.2) is 24.3 Å². The molecule has 0 spiro atoms. The lowest BCUT2D eigenvalue weighted by Gasteiger charge is -2.33. The van der Waals surface area contributed by atoms with Crippen molar-refractivity contribution in [3.05, 3.63) is 34.9 Å². The Morgan fingerprint density at radius 1 is 1.41 bits per heavy atom. The van der Waals surface area contributed by atoms with E-state index in [0.717, 1.165) is 25.8 Å². The maximum Gasteiger partial charge on any atom is 0.253 e. The summed E-state index contributed by atoms with van der Waals surface area (Å²) in [6, 6.07) is 7.06. The Balaban J connectivity index is 1.90. The number of carbonyl (C=O) groups excluding carboxylic acids is 2. The Hall–Kier alpha value is -1.55. The molecule has 0 aliphatic carbocycles. The summed E-state index contributed by atoms with van der Waals surface area (Å²) in [5.41, 5.74) is 0.628. The third kappa shape index (κ3) is 4.73. The molecule has 1 heterocycles. The second-order valence-electron chi connectivity index (χ2n) is 5.82.